The lowest BCUT2D eigenvalue weighted by atomic mass is 10.2. The summed E-state index contributed by atoms with van der Waals surface area (Å²) >= 11 is 0. The minimum Gasteiger partial charge on any atom is -0.454 e. The molecular formula is C11H17F2N3O3. The van der Waals surface area contributed by atoms with Crippen molar-refractivity contribution >= 4 is 5.91 Å². The van der Waals surface area contributed by atoms with E-state index in [0.29, 0.717) is 11.3 Å². The number of amides is 1. The number of furan rings is 1. The Balaban J connectivity index is 2.76. The zero-order valence-corrected chi connectivity index (χ0v) is 10.5. The van der Waals surface area contributed by atoms with Crippen LogP contribution in [0.3, 0.4) is 0 Å². The number of alkyl halides is 2. The van der Waals surface area contributed by atoms with Crippen LogP contribution >= 0.6 is 0 Å². The molecule has 0 radical (unpaired) electrons. The van der Waals surface area contributed by atoms with Crippen LogP contribution in [0.2, 0.25) is 0 Å². The number of hydrogen-bond donors (Lipinski definition) is 3. The zero-order chi connectivity index (χ0) is 14.4. The van der Waals surface area contributed by atoms with E-state index in [-0.39, 0.29) is 25.5 Å². The third-order valence-electron chi connectivity index (χ3n) is 2.50. The van der Waals surface area contributed by atoms with E-state index in [2.05, 4.69) is 0 Å². The second-order valence-electron chi connectivity index (χ2n) is 4.05. The second-order valence-corrected chi connectivity index (χ2v) is 4.05. The molecule has 1 aromatic rings. The van der Waals surface area contributed by atoms with Crippen LogP contribution in [0.1, 0.15) is 21.9 Å². The predicted octanol–water partition coefficient (Wildman–Crippen LogP) is 0.251. The van der Waals surface area contributed by atoms with Crippen molar-refractivity contribution in [1.82, 2.24) is 10.3 Å². The van der Waals surface area contributed by atoms with Gasteiger partial charge in [0.15, 0.2) is 5.76 Å². The molecule has 1 rings (SSSR count). The van der Waals surface area contributed by atoms with Crippen molar-refractivity contribution in [2.75, 3.05) is 19.7 Å². The van der Waals surface area contributed by atoms with E-state index < -0.39 is 18.9 Å². The highest BCUT2D eigenvalue weighted by Crippen LogP contribution is 2.16. The minimum absolute atomic E-state index is 0.0542. The van der Waals surface area contributed by atoms with Crippen molar-refractivity contribution in [1.29, 1.82) is 0 Å². The molecule has 0 unspecified atom stereocenters. The number of rotatable bonds is 7. The smallest absolute Gasteiger partial charge is 0.301 e. The Hall–Kier alpha value is -1.51. The van der Waals surface area contributed by atoms with Gasteiger partial charge < -0.3 is 9.52 Å². The maximum absolute atomic E-state index is 12.3. The van der Waals surface area contributed by atoms with Gasteiger partial charge in [0.1, 0.15) is 5.76 Å². The normalized spacial score (nSPS) is 11.3. The summed E-state index contributed by atoms with van der Waals surface area (Å²) in [6.07, 6.45) is -2.51. The Morgan fingerprint density at radius 1 is 1.63 bits per heavy atom. The topological polar surface area (TPSA) is 91.7 Å². The highest BCUT2D eigenvalue weighted by molar-refractivity contribution is 5.92. The first-order valence-corrected chi connectivity index (χ1v) is 5.69. The Morgan fingerprint density at radius 2 is 2.32 bits per heavy atom. The van der Waals surface area contributed by atoms with E-state index in [0.717, 1.165) is 0 Å². The summed E-state index contributed by atoms with van der Waals surface area (Å²) < 4.78 is 30.0. The average Bonchev–Trinajstić information content (AvgIpc) is 2.68. The van der Waals surface area contributed by atoms with Crippen molar-refractivity contribution in [2.24, 2.45) is 5.84 Å². The molecule has 0 spiro atoms. The second kappa shape index (κ2) is 7.17. The van der Waals surface area contributed by atoms with Crippen molar-refractivity contribution in [3.05, 3.63) is 23.2 Å². The largest absolute Gasteiger partial charge is 0.454 e. The van der Waals surface area contributed by atoms with Crippen LogP contribution in [0, 0.1) is 6.92 Å². The number of aryl methyl sites for hydroxylation is 1. The number of aliphatic hydroxyl groups is 1. The maximum Gasteiger partial charge on any atom is 0.301 e. The number of hydrogen-bond acceptors (Lipinski definition) is 5. The first kappa shape index (κ1) is 15.5. The lowest BCUT2D eigenvalue weighted by Gasteiger charge is -2.19. The molecule has 108 valence electrons. The van der Waals surface area contributed by atoms with Gasteiger partial charge in [0, 0.05) is 12.1 Å². The molecule has 0 fully saturated rings. The van der Waals surface area contributed by atoms with E-state index in [1.807, 2.05) is 5.43 Å². The van der Waals surface area contributed by atoms with E-state index >= 15 is 0 Å². The summed E-state index contributed by atoms with van der Waals surface area (Å²) in [5.41, 5.74) is 2.51. The first-order valence-electron chi connectivity index (χ1n) is 5.69. The van der Waals surface area contributed by atoms with Gasteiger partial charge in [-0.05, 0) is 13.0 Å². The molecule has 8 heteroatoms. The van der Waals surface area contributed by atoms with Gasteiger partial charge in [-0.1, -0.05) is 0 Å². The van der Waals surface area contributed by atoms with Crippen LogP contribution in [0.5, 0.6) is 0 Å². The number of hydrazine groups is 1. The minimum atomic E-state index is -2.51. The Kier molecular flexibility index (Phi) is 5.87. The average molecular weight is 277 g/mol. The zero-order valence-electron chi connectivity index (χ0n) is 10.5. The van der Waals surface area contributed by atoms with Crippen LogP contribution in [0.15, 0.2) is 10.5 Å². The van der Waals surface area contributed by atoms with Crippen molar-refractivity contribution < 1.29 is 23.1 Å². The Morgan fingerprint density at radius 3 is 2.84 bits per heavy atom. The quantitative estimate of drug-likeness (QED) is 0.377. The molecule has 4 N–H and O–H groups in total. The molecule has 6 nitrogen and oxygen atoms in total. The number of nitrogens with two attached hydrogens (primary N) is 1. The van der Waals surface area contributed by atoms with Gasteiger partial charge >= 0.3 is 5.91 Å². The number of nitrogen functional groups attached to an aromatic ring is 1. The van der Waals surface area contributed by atoms with Crippen LogP contribution in [-0.4, -0.2) is 42.0 Å². The number of aliphatic hydroxyl groups excluding tert-OH is 1. The van der Waals surface area contributed by atoms with Crippen LogP contribution < -0.4 is 11.3 Å². The molecule has 0 atom stereocenters. The molecule has 0 aliphatic rings. The molecule has 0 aliphatic heterocycles. The molecule has 0 saturated heterocycles. The third kappa shape index (κ3) is 4.58. The fourth-order valence-corrected chi connectivity index (χ4v) is 1.71. The highest BCUT2D eigenvalue weighted by Gasteiger charge is 2.18. The monoisotopic (exact) mass is 277 g/mol. The van der Waals surface area contributed by atoms with Crippen molar-refractivity contribution in [2.45, 2.75) is 19.9 Å². The number of nitrogens with one attached hydrogen (secondary N) is 1. The van der Waals surface area contributed by atoms with Gasteiger partial charge in [0.25, 0.3) is 6.43 Å². The van der Waals surface area contributed by atoms with Gasteiger partial charge in [-0.15, -0.1) is 0 Å². The number of carbonyl (C=O) groups is 1. The summed E-state index contributed by atoms with van der Waals surface area (Å²) in [6.45, 7) is 1.13. The van der Waals surface area contributed by atoms with Gasteiger partial charge in [-0.3, -0.25) is 15.1 Å². The number of halogens is 2. The summed E-state index contributed by atoms with van der Waals surface area (Å²) in [5.74, 6) is 4.84. The number of nitrogens with zero attached hydrogens (tertiary/aromatic N) is 1. The van der Waals surface area contributed by atoms with Crippen LogP contribution in [0.4, 0.5) is 8.78 Å². The molecule has 0 saturated carbocycles. The predicted molar refractivity (Wildman–Crippen MR) is 63.5 cm³/mol. The summed E-state index contributed by atoms with van der Waals surface area (Å²) in [4.78, 5) is 12.7. The highest BCUT2D eigenvalue weighted by atomic mass is 19.3. The van der Waals surface area contributed by atoms with E-state index in [1.54, 1.807) is 13.0 Å². The van der Waals surface area contributed by atoms with Gasteiger partial charge in [0.05, 0.1) is 19.7 Å². The summed E-state index contributed by atoms with van der Waals surface area (Å²) in [6, 6.07) is 1.58. The molecule has 19 heavy (non-hydrogen) atoms. The fourth-order valence-electron chi connectivity index (χ4n) is 1.71. The lowest BCUT2D eigenvalue weighted by Crippen LogP contribution is -2.31. The van der Waals surface area contributed by atoms with Crippen LogP contribution in [0.25, 0.3) is 0 Å². The van der Waals surface area contributed by atoms with E-state index in [4.69, 9.17) is 15.4 Å². The lowest BCUT2D eigenvalue weighted by molar-refractivity contribution is 0.0704. The summed E-state index contributed by atoms with van der Waals surface area (Å²) in [7, 11) is 0. The van der Waals surface area contributed by atoms with Gasteiger partial charge in [-0.2, -0.15) is 0 Å². The van der Waals surface area contributed by atoms with Crippen molar-refractivity contribution in [3.63, 3.8) is 0 Å². The molecule has 1 aromatic heterocycles. The van der Waals surface area contributed by atoms with Gasteiger partial charge in [0.2, 0.25) is 0 Å². The fraction of sp³-hybridized carbons (Fsp3) is 0.545. The third-order valence-corrected chi connectivity index (χ3v) is 2.50. The van der Waals surface area contributed by atoms with Gasteiger partial charge in [-0.25, -0.2) is 14.6 Å². The molecule has 1 heterocycles. The Labute approximate surface area is 109 Å². The SMILES string of the molecule is Cc1cc(CN(CCO)CC(F)F)oc1C(=O)NN. The standard InChI is InChI=1S/C11H17F2N3O3/c1-7-4-8(19-10(7)11(18)15-14)5-16(2-3-17)6-9(12)13/h4,9,17H,2-3,5-6,14H2,1H3,(H,15,18). The van der Waals surface area contributed by atoms with Crippen molar-refractivity contribution in [3.8, 4) is 0 Å². The molecular weight excluding hydrogens is 260 g/mol. The van der Waals surface area contributed by atoms with E-state index in [9.17, 15) is 13.6 Å². The van der Waals surface area contributed by atoms with Crippen LogP contribution in [-0.2, 0) is 6.54 Å². The molecule has 0 bridgehead atoms. The molecule has 0 aromatic carbocycles. The molecule has 1 amide bonds. The maximum atomic E-state index is 12.3. The number of carbonyl (C=O) groups excluding carboxylic acids is 1. The molecule has 0 aliphatic carbocycles. The Bertz CT molecular complexity index is 423. The van der Waals surface area contributed by atoms with E-state index in [1.165, 1.54) is 4.90 Å². The first-order chi connectivity index (χ1) is 8.97. The summed E-state index contributed by atoms with van der Waals surface area (Å²) in [5, 5.41) is 8.82.